The summed E-state index contributed by atoms with van der Waals surface area (Å²) in [6.45, 7) is 5.90. The van der Waals surface area contributed by atoms with Gasteiger partial charge >= 0.3 is 5.97 Å². The fraction of sp³-hybridized carbons (Fsp3) is 0.600. The van der Waals surface area contributed by atoms with Crippen LogP contribution in [0, 0.1) is 17.3 Å². The molecule has 0 heterocycles. The number of fused-ring (bicyclic) bond motifs is 1. The lowest BCUT2D eigenvalue weighted by atomic mass is 9.61. The third-order valence-corrected chi connectivity index (χ3v) is 4.68. The van der Waals surface area contributed by atoms with Crippen LogP contribution in [-0.4, -0.2) is 16.9 Å². The van der Waals surface area contributed by atoms with E-state index >= 15 is 0 Å². The van der Waals surface area contributed by atoms with E-state index in [1.807, 2.05) is 6.08 Å². The quantitative estimate of drug-likeness (QED) is 0.817. The minimum absolute atomic E-state index is 0.119. The fourth-order valence-corrected chi connectivity index (χ4v) is 3.05. The summed E-state index contributed by atoms with van der Waals surface area (Å²) in [4.78, 5) is 23.1. The van der Waals surface area contributed by atoms with Crippen molar-refractivity contribution in [2.75, 3.05) is 0 Å². The summed E-state index contributed by atoms with van der Waals surface area (Å²) in [5, 5.41) is 9.08. The van der Waals surface area contributed by atoms with E-state index in [0.29, 0.717) is 11.5 Å². The van der Waals surface area contributed by atoms with Crippen LogP contribution in [0.2, 0.25) is 0 Å². The average molecular weight is 248 g/mol. The molecule has 0 radical (unpaired) electrons. The SMILES string of the molecule is CC(C(=O)O)C1=CC2(C)C(=CC1=O)CCCC2C. The number of allylic oxidation sites excluding steroid dienone is 3. The number of carboxylic acid groups (broad SMARTS) is 1. The third kappa shape index (κ3) is 1.92. The first kappa shape index (κ1) is 13.1. The van der Waals surface area contributed by atoms with E-state index in [1.165, 1.54) is 5.57 Å². The van der Waals surface area contributed by atoms with Gasteiger partial charge in [-0.2, -0.15) is 0 Å². The topological polar surface area (TPSA) is 54.4 Å². The predicted octanol–water partition coefficient (Wildman–Crippen LogP) is 2.97. The van der Waals surface area contributed by atoms with E-state index in [1.54, 1.807) is 13.0 Å². The molecular formula is C15H20O3. The van der Waals surface area contributed by atoms with Gasteiger partial charge in [0, 0.05) is 11.0 Å². The Balaban J connectivity index is 2.43. The Morgan fingerprint density at radius 3 is 2.83 bits per heavy atom. The third-order valence-electron chi connectivity index (χ3n) is 4.68. The zero-order valence-electron chi connectivity index (χ0n) is 11.2. The summed E-state index contributed by atoms with van der Waals surface area (Å²) in [6.07, 6.45) is 6.82. The van der Waals surface area contributed by atoms with Crippen LogP contribution in [0.1, 0.15) is 40.0 Å². The van der Waals surface area contributed by atoms with Gasteiger partial charge in [0.05, 0.1) is 5.92 Å². The fourth-order valence-electron chi connectivity index (χ4n) is 3.05. The molecule has 0 aromatic rings. The van der Waals surface area contributed by atoms with Crippen LogP contribution < -0.4 is 0 Å². The van der Waals surface area contributed by atoms with Crippen LogP contribution >= 0.6 is 0 Å². The van der Waals surface area contributed by atoms with Gasteiger partial charge in [0.25, 0.3) is 0 Å². The van der Waals surface area contributed by atoms with E-state index in [0.717, 1.165) is 19.3 Å². The highest BCUT2D eigenvalue weighted by Gasteiger charge is 2.40. The highest BCUT2D eigenvalue weighted by Crippen LogP contribution is 2.49. The van der Waals surface area contributed by atoms with E-state index in [-0.39, 0.29) is 11.2 Å². The molecule has 0 saturated heterocycles. The van der Waals surface area contributed by atoms with E-state index in [9.17, 15) is 9.59 Å². The largest absolute Gasteiger partial charge is 0.481 e. The first-order valence-corrected chi connectivity index (χ1v) is 6.57. The molecule has 0 spiro atoms. The Morgan fingerprint density at radius 2 is 2.22 bits per heavy atom. The Morgan fingerprint density at radius 1 is 1.56 bits per heavy atom. The summed E-state index contributed by atoms with van der Waals surface area (Å²) >= 11 is 0. The van der Waals surface area contributed by atoms with Crippen LogP contribution in [-0.2, 0) is 9.59 Å². The van der Waals surface area contributed by atoms with Crippen molar-refractivity contribution in [1.82, 2.24) is 0 Å². The Bertz CT molecular complexity index is 458. The summed E-state index contributed by atoms with van der Waals surface area (Å²) in [5.74, 6) is -1.31. The molecule has 98 valence electrons. The second-order valence-electron chi connectivity index (χ2n) is 5.77. The smallest absolute Gasteiger partial charge is 0.310 e. The zero-order valence-corrected chi connectivity index (χ0v) is 11.2. The van der Waals surface area contributed by atoms with E-state index in [2.05, 4.69) is 13.8 Å². The first-order valence-electron chi connectivity index (χ1n) is 6.57. The molecule has 0 amide bonds. The van der Waals surface area contributed by atoms with Crippen molar-refractivity contribution in [2.24, 2.45) is 17.3 Å². The van der Waals surface area contributed by atoms with E-state index in [4.69, 9.17) is 5.11 Å². The lowest BCUT2D eigenvalue weighted by Gasteiger charge is -2.42. The van der Waals surface area contributed by atoms with Gasteiger partial charge in [-0.3, -0.25) is 9.59 Å². The van der Waals surface area contributed by atoms with Crippen LogP contribution in [0.3, 0.4) is 0 Å². The van der Waals surface area contributed by atoms with Gasteiger partial charge in [0.1, 0.15) is 0 Å². The van der Waals surface area contributed by atoms with E-state index < -0.39 is 11.9 Å². The van der Waals surface area contributed by atoms with Crippen molar-refractivity contribution < 1.29 is 14.7 Å². The normalized spacial score (nSPS) is 33.3. The number of hydrogen-bond acceptors (Lipinski definition) is 2. The molecule has 1 N–H and O–H groups in total. The van der Waals surface area contributed by atoms with Gasteiger partial charge < -0.3 is 5.11 Å². The molecule has 2 aliphatic rings. The number of carbonyl (C=O) groups excluding carboxylic acids is 1. The Kier molecular flexibility index (Phi) is 3.18. The molecule has 2 aliphatic carbocycles. The lowest BCUT2D eigenvalue weighted by Crippen LogP contribution is -2.35. The van der Waals surface area contributed by atoms with Gasteiger partial charge in [-0.15, -0.1) is 0 Å². The molecule has 0 aliphatic heterocycles. The highest BCUT2D eigenvalue weighted by atomic mass is 16.4. The first-order chi connectivity index (χ1) is 8.36. The molecule has 3 heteroatoms. The number of hydrogen-bond donors (Lipinski definition) is 1. The molecular weight excluding hydrogens is 228 g/mol. The minimum atomic E-state index is -0.932. The molecule has 3 atom stereocenters. The molecule has 0 aromatic carbocycles. The Hall–Kier alpha value is -1.38. The van der Waals surface area contributed by atoms with Crippen molar-refractivity contribution in [1.29, 1.82) is 0 Å². The van der Waals surface area contributed by atoms with Crippen molar-refractivity contribution >= 4 is 11.8 Å². The molecule has 0 aromatic heterocycles. The van der Waals surface area contributed by atoms with Crippen LogP contribution in [0.5, 0.6) is 0 Å². The van der Waals surface area contributed by atoms with Gasteiger partial charge in [0.15, 0.2) is 5.78 Å². The molecule has 1 saturated carbocycles. The summed E-state index contributed by atoms with van der Waals surface area (Å²) < 4.78 is 0. The molecule has 0 bridgehead atoms. The van der Waals surface area contributed by atoms with Gasteiger partial charge in [-0.05, 0) is 38.2 Å². The molecule has 3 nitrogen and oxygen atoms in total. The average Bonchev–Trinajstić information content (AvgIpc) is 2.30. The van der Waals surface area contributed by atoms with Crippen molar-refractivity contribution in [3.8, 4) is 0 Å². The van der Waals surface area contributed by atoms with Crippen molar-refractivity contribution in [3.05, 3.63) is 23.3 Å². The Labute approximate surface area is 108 Å². The highest BCUT2D eigenvalue weighted by molar-refractivity contribution is 6.08. The van der Waals surface area contributed by atoms with Gasteiger partial charge in [0.2, 0.25) is 0 Å². The number of carbonyl (C=O) groups is 2. The van der Waals surface area contributed by atoms with Crippen LogP contribution in [0.15, 0.2) is 23.3 Å². The number of rotatable bonds is 2. The van der Waals surface area contributed by atoms with Crippen LogP contribution in [0.4, 0.5) is 0 Å². The van der Waals surface area contributed by atoms with Gasteiger partial charge in [-0.25, -0.2) is 0 Å². The number of ketones is 1. The zero-order chi connectivity index (χ0) is 13.5. The molecule has 3 unspecified atom stereocenters. The van der Waals surface area contributed by atoms with Crippen molar-refractivity contribution in [3.63, 3.8) is 0 Å². The summed E-state index contributed by atoms with van der Waals surface area (Å²) in [7, 11) is 0. The standard InChI is InChI=1S/C15H20O3/c1-9-5-4-6-11-7-13(16)12(8-15(9,11)3)10(2)14(17)18/h7-10H,4-6H2,1-3H3,(H,17,18). The van der Waals surface area contributed by atoms with Crippen molar-refractivity contribution in [2.45, 2.75) is 40.0 Å². The maximum atomic E-state index is 12.0. The second kappa shape index (κ2) is 4.38. The summed E-state index contributed by atoms with van der Waals surface area (Å²) in [6, 6.07) is 0. The predicted molar refractivity (Wildman–Crippen MR) is 69.1 cm³/mol. The second-order valence-corrected chi connectivity index (χ2v) is 5.77. The lowest BCUT2D eigenvalue weighted by molar-refractivity contribution is -0.140. The number of aliphatic carboxylic acids is 1. The summed E-state index contributed by atoms with van der Waals surface area (Å²) in [5.41, 5.74) is 1.49. The maximum Gasteiger partial charge on any atom is 0.310 e. The van der Waals surface area contributed by atoms with Crippen LogP contribution in [0.25, 0.3) is 0 Å². The van der Waals surface area contributed by atoms with Gasteiger partial charge in [-0.1, -0.05) is 25.5 Å². The number of carboxylic acids is 1. The molecule has 1 fully saturated rings. The minimum Gasteiger partial charge on any atom is -0.481 e. The monoisotopic (exact) mass is 248 g/mol. The molecule has 18 heavy (non-hydrogen) atoms. The maximum absolute atomic E-state index is 12.0. The molecule has 2 rings (SSSR count).